The second-order valence-corrected chi connectivity index (χ2v) is 8.67. The van der Waals surface area contributed by atoms with E-state index in [9.17, 15) is 13.2 Å². The van der Waals surface area contributed by atoms with Gasteiger partial charge in [-0.3, -0.25) is 10.1 Å². The van der Waals surface area contributed by atoms with Crippen molar-refractivity contribution in [3.05, 3.63) is 34.7 Å². The molecule has 24 heavy (non-hydrogen) atoms. The van der Waals surface area contributed by atoms with Crippen molar-refractivity contribution in [2.45, 2.75) is 26.2 Å². The van der Waals surface area contributed by atoms with Crippen LogP contribution in [0, 0.1) is 11.8 Å². The summed E-state index contributed by atoms with van der Waals surface area (Å²) in [7, 11) is -3.18. The van der Waals surface area contributed by atoms with Gasteiger partial charge in [0.05, 0.1) is 16.8 Å². The number of sulfone groups is 1. The maximum absolute atomic E-state index is 12.7. The summed E-state index contributed by atoms with van der Waals surface area (Å²) < 4.78 is 24.5. The van der Waals surface area contributed by atoms with Crippen LogP contribution in [0.15, 0.2) is 34.7 Å². The highest BCUT2D eigenvalue weighted by atomic mass is 32.2. The molecule has 0 bridgehead atoms. The van der Waals surface area contributed by atoms with Crippen molar-refractivity contribution >= 4 is 32.7 Å². The number of aromatic amines is 1. The van der Waals surface area contributed by atoms with Crippen molar-refractivity contribution in [2.24, 2.45) is 11.8 Å². The van der Waals surface area contributed by atoms with Crippen LogP contribution in [0.1, 0.15) is 26.2 Å². The SMILES string of the molecule is CC1=C2C(CCS2(=O)=O)C(C(=O)Nc2nc3ccccc3[nH]2)CC1. The fourth-order valence-corrected chi connectivity index (χ4v) is 6.11. The molecule has 1 aliphatic carbocycles. The molecule has 1 aromatic carbocycles. The lowest BCUT2D eigenvalue weighted by molar-refractivity contribution is -0.121. The maximum Gasteiger partial charge on any atom is 0.230 e. The quantitative estimate of drug-likeness (QED) is 0.875. The van der Waals surface area contributed by atoms with E-state index in [4.69, 9.17) is 0 Å². The number of nitrogens with one attached hydrogen (secondary N) is 2. The van der Waals surface area contributed by atoms with Gasteiger partial charge in [-0.1, -0.05) is 17.7 Å². The number of benzene rings is 1. The topological polar surface area (TPSA) is 91.9 Å². The Hall–Kier alpha value is -2.15. The van der Waals surface area contributed by atoms with Crippen LogP contribution in [0.5, 0.6) is 0 Å². The molecule has 126 valence electrons. The monoisotopic (exact) mass is 345 g/mol. The minimum absolute atomic E-state index is 0.152. The maximum atomic E-state index is 12.7. The molecule has 2 aliphatic rings. The zero-order valence-electron chi connectivity index (χ0n) is 13.4. The van der Waals surface area contributed by atoms with E-state index in [1.165, 1.54) is 0 Å². The van der Waals surface area contributed by atoms with Crippen molar-refractivity contribution in [3.8, 4) is 0 Å². The first-order valence-corrected chi connectivity index (χ1v) is 9.79. The normalized spacial score (nSPS) is 25.7. The van der Waals surface area contributed by atoms with Gasteiger partial charge in [-0.25, -0.2) is 13.4 Å². The molecular formula is C17H19N3O3S. The first-order chi connectivity index (χ1) is 11.5. The molecule has 2 heterocycles. The van der Waals surface area contributed by atoms with Crippen molar-refractivity contribution in [3.63, 3.8) is 0 Å². The van der Waals surface area contributed by atoms with Crippen molar-refractivity contribution in [1.82, 2.24) is 9.97 Å². The lowest BCUT2D eigenvalue weighted by Gasteiger charge is -2.28. The van der Waals surface area contributed by atoms with Crippen LogP contribution in [0.4, 0.5) is 5.95 Å². The number of amides is 1. The van der Waals surface area contributed by atoms with E-state index in [1.807, 2.05) is 31.2 Å². The highest BCUT2D eigenvalue weighted by Gasteiger charge is 2.45. The fourth-order valence-electron chi connectivity index (χ4n) is 3.95. The largest absolute Gasteiger partial charge is 0.324 e. The second kappa shape index (κ2) is 5.44. The number of carbonyl (C=O) groups is 1. The molecule has 2 aromatic rings. The molecule has 1 aliphatic heterocycles. The molecule has 2 N–H and O–H groups in total. The summed E-state index contributed by atoms with van der Waals surface area (Å²) in [5.41, 5.74) is 2.57. The zero-order valence-corrected chi connectivity index (χ0v) is 14.2. The summed E-state index contributed by atoms with van der Waals surface area (Å²) in [6, 6.07) is 7.55. The number of aromatic nitrogens is 2. The molecule has 6 nitrogen and oxygen atoms in total. The van der Waals surface area contributed by atoms with E-state index in [0.717, 1.165) is 16.6 Å². The van der Waals surface area contributed by atoms with E-state index in [1.54, 1.807) is 0 Å². The number of nitrogens with zero attached hydrogens (tertiary/aromatic N) is 1. The average molecular weight is 345 g/mol. The second-order valence-electron chi connectivity index (χ2n) is 6.60. The van der Waals surface area contributed by atoms with E-state index in [0.29, 0.717) is 30.1 Å². The van der Waals surface area contributed by atoms with Crippen molar-refractivity contribution in [1.29, 1.82) is 0 Å². The number of anilines is 1. The van der Waals surface area contributed by atoms with Gasteiger partial charge < -0.3 is 4.98 Å². The zero-order chi connectivity index (χ0) is 16.9. The molecule has 2 atom stereocenters. The van der Waals surface area contributed by atoms with E-state index in [2.05, 4.69) is 15.3 Å². The van der Waals surface area contributed by atoms with Gasteiger partial charge in [-0.05, 0) is 38.3 Å². The van der Waals surface area contributed by atoms with Gasteiger partial charge >= 0.3 is 0 Å². The molecule has 0 radical (unpaired) electrons. The Labute approximate surface area is 140 Å². The molecular weight excluding hydrogens is 326 g/mol. The smallest absolute Gasteiger partial charge is 0.230 e. The van der Waals surface area contributed by atoms with Gasteiger partial charge in [0, 0.05) is 16.7 Å². The van der Waals surface area contributed by atoms with Crippen molar-refractivity contribution < 1.29 is 13.2 Å². The summed E-state index contributed by atoms with van der Waals surface area (Å²) in [6.07, 6.45) is 1.87. The van der Waals surface area contributed by atoms with Crippen molar-refractivity contribution in [2.75, 3.05) is 11.1 Å². The third-order valence-corrected chi connectivity index (χ3v) is 7.17. The predicted molar refractivity (Wildman–Crippen MR) is 92.0 cm³/mol. The Kier molecular flexibility index (Phi) is 3.49. The summed E-state index contributed by atoms with van der Waals surface area (Å²) >= 11 is 0. The average Bonchev–Trinajstić information content (AvgIpc) is 3.08. The number of imidazole rings is 1. The predicted octanol–water partition coefficient (Wildman–Crippen LogP) is 2.62. The Morgan fingerprint density at radius 2 is 2.08 bits per heavy atom. The van der Waals surface area contributed by atoms with Gasteiger partial charge in [0.15, 0.2) is 9.84 Å². The number of para-hydroxylation sites is 2. The highest BCUT2D eigenvalue weighted by molar-refractivity contribution is 7.95. The first-order valence-electron chi connectivity index (χ1n) is 8.14. The number of rotatable bonds is 2. The van der Waals surface area contributed by atoms with Crippen LogP contribution >= 0.6 is 0 Å². The Morgan fingerprint density at radius 1 is 1.29 bits per heavy atom. The van der Waals surface area contributed by atoms with Gasteiger partial charge in [-0.15, -0.1) is 0 Å². The number of allylic oxidation sites excluding steroid dienone is 2. The molecule has 2 unspecified atom stereocenters. The van der Waals surface area contributed by atoms with Crippen LogP contribution in [0.3, 0.4) is 0 Å². The van der Waals surface area contributed by atoms with Gasteiger partial charge in [-0.2, -0.15) is 0 Å². The Bertz CT molecular complexity index is 925. The van der Waals surface area contributed by atoms with Crippen LogP contribution in [0.2, 0.25) is 0 Å². The molecule has 1 amide bonds. The minimum atomic E-state index is -3.18. The Morgan fingerprint density at radius 3 is 2.88 bits per heavy atom. The van der Waals surface area contributed by atoms with E-state index in [-0.39, 0.29) is 23.5 Å². The lowest BCUT2D eigenvalue weighted by Crippen LogP contribution is -2.32. The highest BCUT2D eigenvalue weighted by Crippen LogP contribution is 2.45. The van der Waals surface area contributed by atoms with Gasteiger partial charge in [0.25, 0.3) is 0 Å². The standard InChI is InChI=1S/C17H19N3O3S/c1-10-6-7-12(11-8-9-24(22,23)15(10)11)16(21)20-17-18-13-4-2-3-5-14(13)19-17/h2-5,11-12H,6-9H2,1H3,(H2,18,19,20,21). The molecule has 4 rings (SSSR count). The summed E-state index contributed by atoms with van der Waals surface area (Å²) in [4.78, 5) is 20.7. The van der Waals surface area contributed by atoms with Crippen LogP contribution in [-0.2, 0) is 14.6 Å². The molecule has 1 aromatic heterocycles. The third-order valence-electron chi connectivity index (χ3n) is 5.07. The number of H-pyrrole nitrogens is 1. The molecule has 7 heteroatoms. The van der Waals surface area contributed by atoms with Gasteiger partial charge in [0.2, 0.25) is 11.9 Å². The van der Waals surface area contributed by atoms with E-state index < -0.39 is 9.84 Å². The molecule has 0 saturated carbocycles. The third kappa shape index (κ3) is 2.43. The molecule has 0 spiro atoms. The minimum Gasteiger partial charge on any atom is -0.324 e. The fraction of sp³-hybridized carbons (Fsp3) is 0.412. The Balaban J connectivity index is 1.59. The summed E-state index contributed by atoms with van der Waals surface area (Å²) in [5.74, 6) is -0.0861. The number of carbonyl (C=O) groups excluding carboxylic acids is 1. The lowest BCUT2D eigenvalue weighted by atomic mass is 9.79. The van der Waals surface area contributed by atoms with Crippen LogP contribution < -0.4 is 5.32 Å². The van der Waals surface area contributed by atoms with Crippen LogP contribution in [-0.4, -0.2) is 30.0 Å². The number of fused-ring (bicyclic) bond motifs is 2. The summed E-state index contributed by atoms with van der Waals surface area (Å²) in [6.45, 7) is 1.87. The number of hydrogen-bond donors (Lipinski definition) is 2. The molecule has 1 saturated heterocycles. The summed E-state index contributed by atoms with van der Waals surface area (Å²) in [5, 5.41) is 2.83. The molecule has 1 fully saturated rings. The van der Waals surface area contributed by atoms with Gasteiger partial charge in [0.1, 0.15) is 0 Å². The van der Waals surface area contributed by atoms with E-state index >= 15 is 0 Å². The van der Waals surface area contributed by atoms with Crippen LogP contribution in [0.25, 0.3) is 11.0 Å². The number of hydrogen-bond acceptors (Lipinski definition) is 4. The first kappa shape index (κ1) is 15.4.